The second-order valence-electron chi connectivity index (χ2n) is 2.70. The number of carboxylic acid groups (broad SMARTS) is 1. The van der Waals surface area contributed by atoms with Gasteiger partial charge in [-0.2, -0.15) is 0 Å². The minimum atomic E-state index is -0.951. The van der Waals surface area contributed by atoms with Crippen LogP contribution in [0.25, 0.3) is 6.08 Å². The second kappa shape index (κ2) is 4.81. The quantitative estimate of drug-likeness (QED) is 0.668. The molecule has 0 saturated heterocycles. The lowest BCUT2D eigenvalue weighted by molar-refractivity contribution is -0.131. The van der Waals surface area contributed by atoms with Crippen molar-refractivity contribution in [2.45, 2.75) is 6.92 Å². The van der Waals surface area contributed by atoms with E-state index in [-0.39, 0.29) is 0 Å². The number of carbonyl (C=O) groups is 1. The number of hydrogen-bond donors (Lipinski definition) is 1. The lowest BCUT2D eigenvalue weighted by Crippen LogP contribution is -1.87. The predicted octanol–water partition coefficient (Wildman–Crippen LogP) is 3.09. The summed E-state index contributed by atoms with van der Waals surface area (Å²) in [5.41, 5.74) is 0.657. The molecular weight excluding hydrogens is 248 g/mol. The van der Waals surface area contributed by atoms with Crippen LogP contribution >= 0.6 is 15.9 Å². The highest BCUT2D eigenvalue weighted by Crippen LogP contribution is 2.15. The molecule has 1 aromatic rings. The van der Waals surface area contributed by atoms with E-state index in [4.69, 9.17) is 9.52 Å². The molecule has 0 unspecified atom stereocenters. The zero-order valence-electron chi connectivity index (χ0n) is 7.53. The molecule has 0 radical (unpaired) electrons. The maximum absolute atomic E-state index is 10.3. The molecule has 0 amide bonds. The van der Waals surface area contributed by atoms with Crippen LogP contribution in [0, 0.1) is 0 Å². The second-order valence-corrected chi connectivity index (χ2v) is 3.48. The molecule has 1 rings (SSSR count). The maximum Gasteiger partial charge on any atom is 0.328 e. The van der Waals surface area contributed by atoms with Crippen LogP contribution in [0.15, 0.2) is 38.9 Å². The summed E-state index contributed by atoms with van der Waals surface area (Å²) in [6, 6.07) is 3.56. The minimum absolute atomic E-state index is 0.650. The van der Waals surface area contributed by atoms with E-state index in [0.29, 0.717) is 16.0 Å². The number of carboxylic acids is 1. The molecule has 0 aliphatic heterocycles. The van der Waals surface area contributed by atoms with Crippen molar-refractivity contribution in [1.29, 1.82) is 0 Å². The van der Waals surface area contributed by atoms with Crippen LogP contribution in [0.4, 0.5) is 0 Å². The molecule has 0 aliphatic carbocycles. The molecule has 1 N–H and O–H groups in total. The number of hydrogen-bond acceptors (Lipinski definition) is 2. The van der Waals surface area contributed by atoms with Crippen molar-refractivity contribution in [3.63, 3.8) is 0 Å². The molecular formula is C10H9BrO3. The maximum atomic E-state index is 10.3. The van der Waals surface area contributed by atoms with Crippen LogP contribution in [0.2, 0.25) is 0 Å². The Kier molecular flexibility index (Phi) is 3.71. The van der Waals surface area contributed by atoms with Crippen molar-refractivity contribution in [3.05, 3.63) is 40.3 Å². The standard InChI is InChI=1S/C10H9BrO3/c1-7(6-10(12)13)2-3-8-4-5-9(11)14-8/h2-6H,1H3,(H,12,13)/b3-2+,7-6+. The number of aliphatic carboxylic acids is 1. The van der Waals surface area contributed by atoms with E-state index in [1.807, 2.05) is 0 Å². The molecule has 0 saturated carbocycles. The van der Waals surface area contributed by atoms with E-state index in [9.17, 15) is 4.79 Å². The first kappa shape index (κ1) is 10.8. The van der Waals surface area contributed by atoms with Crippen molar-refractivity contribution in [3.8, 4) is 0 Å². The summed E-state index contributed by atoms with van der Waals surface area (Å²) in [4.78, 5) is 10.3. The van der Waals surface area contributed by atoms with Crippen LogP contribution < -0.4 is 0 Å². The third kappa shape index (κ3) is 3.62. The van der Waals surface area contributed by atoms with Gasteiger partial charge in [-0.05, 0) is 46.6 Å². The summed E-state index contributed by atoms with van der Waals surface area (Å²) in [6.07, 6.45) is 4.52. The Hall–Kier alpha value is -1.29. The lowest BCUT2D eigenvalue weighted by atomic mass is 10.2. The van der Waals surface area contributed by atoms with Crippen molar-refractivity contribution in [2.24, 2.45) is 0 Å². The molecule has 0 aromatic carbocycles. The molecule has 1 aromatic heterocycles. The Morgan fingerprint density at radius 3 is 2.79 bits per heavy atom. The molecule has 0 bridgehead atoms. The monoisotopic (exact) mass is 256 g/mol. The van der Waals surface area contributed by atoms with Gasteiger partial charge in [-0.25, -0.2) is 4.79 Å². The third-order valence-electron chi connectivity index (χ3n) is 1.46. The van der Waals surface area contributed by atoms with Gasteiger partial charge in [0.05, 0.1) is 0 Å². The smallest absolute Gasteiger partial charge is 0.328 e. The number of rotatable bonds is 3. The SMILES string of the molecule is CC(/C=C/c1ccc(Br)o1)=C\C(=O)O. The highest BCUT2D eigenvalue weighted by Gasteiger charge is 1.94. The van der Waals surface area contributed by atoms with Gasteiger partial charge in [-0.3, -0.25) is 0 Å². The fraction of sp³-hybridized carbons (Fsp3) is 0.100. The van der Waals surface area contributed by atoms with Crippen molar-refractivity contribution < 1.29 is 14.3 Å². The molecule has 0 aliphatic rings. The summed E-state index contributed by atoms with van der Waals surface area (Å²) in [5.74, 6) is -0.275. The molecule has 3 nitrogen and oxygen atoms in total. The highest BCUT2D eigenvalue weighted by molar-refractivity contribution is 9.10. The topological polar surface area (TPSA) is 50.4 Å². The number of halogens is 1. The van der Waals surface area contributed by atoms with Gasteiger partial charge in [0.1, 0.15) is 5.76 Å². The summed E-state index contributed by atoms with van der Waals surface area (Å²) < 4.78 is 5.84. The highest BCUT2D eigenvalue weighted by atomic mass is 79.9. The molecule has 0 fully saturated rings. The molecule has 4 heteroatoms. The Morgan fingerprint density at radius 1 is 1.57 bits per heavy atom. The van der Waals surface area contributed by atoms with Gasteiger partial charge in [-0.1, -0.05) is 6.08 Å². The van der Waals surface area contributed by atoms with Crippen LogP contribution in [0.1, 0.15) is 12.7 Å². The van der Waals surface area contributed by atoms with E-state index in [1.165, 1.54) is 0 Å². The first-order valence-corrected chi connectivity index (χ1v) is 4.72. The van der Waals surface area contributed by atoms with Gasteiger partial charge in [0.25, 0.3) is 0 Å². The van der Waals surface area contributed by atoms with E-state index < -0.39 is 5.97 Å². The average Bonchev–Trinajstić information content (AvgIpc) is 2.47. The first-order chi connectivity index (χ1) is 6.58. The lowest BCUT2D eigenvalue weighted by Gasteiger charge is -1.88. The van der Waals surface area contributed by atoms with Crippen molar-refractivity contribution in [1.82, 2.24) is 0 Å². The van der Waals surface area contributed by atoms with Gasteiger partial charge in [-0.15, -0.1) is 0 Å². The summed E-state index contributed by atoms with van der Waals surface area (Å²) in [7, 11) is 0. The molecule has 74 valence electrons. The Bertz CT molecular complexity index is 388. The first-order valence-electron chi connectivity index (χ1n) is 3.92. The van der Waals surface area contributed by atoms with E-state index in [0.717, 1.165) is 6.08 Å². The molecule has 0 spiro atoms. The fourth-order valence-electron chi connectivity index (χ4n) is 0.874. The van der Waals surface area contributed by atoms with Gasteiger partial charge >= 0.3 is 5.97 Å². The van der Waals surface area contributed by atoms with E-state index in [2.05, 4.69) is 15.9 Å². The Balaban J connectivity index is 2.69. The van der Waals surface area contributed by atoms with Gasteiger partial charge < -0.3 is 9.52 Å². The van der Waals surface area contributed by atoms with Crippen LogP contribution in [0.5, 0.6) is 0 Å². The average molecular weight is 257 g/mol. The van der Waals surface area contributed by atoms with Crippen molar-refractivity contribution in [2.75, 3.05) is 0 Å². The summed E-state index contributed by atoms with van der Waals surface area (Å²) >= 11 is 3.17. The number of allylic oxidation sites excluding steroid dienone is 2. The normalized spacial score (nSPS) is 12.3. The molecule has 1 heterocycles. The minimum Gasteiger partial charge on any atom is -0.478 e. The number of furan rings is 1. The Labute approximate surface area is 89.9 Å². The predicted molar refractivity (Wildman–Crippen MR) is 56.8 cm³/mol. The Morgan fingerprint density at radius 2 is 2.29 bits per heavy atom. The third-order valence-corrected chi connectivity index (χ3v) is 1.88. The molecule has 14 heavy (non-hydrogen) atoms. The van der Waals surface area contributed by atoms with Gasteiger partial charge in [0.2, 0.25) is 0 Å². The largest absolute Gasteiger partial charge is 0.478 e. The van der Waals surface area contributed by atoms with Gasteiger partial charge in [0.15, 0.2) is 4.67 Å². The van der Waals surface area contributed by atoms with Crippen molar-refractivity contribution >= 4 is 28.0 Å². The molecule has 0 atom stereocenters. The van der Waals surface area contributed by atoms with Crippen LogP contribution in [0.3, 0.4) is 0 Å². The zero-order chi connectivity index (χ0) is 10.6. The van der Waals surface area contributed by atoms with E-state index >= 15 is 0 Å². The zero-order valence-corrected chi connectivity index (χ0v) is 9.11. The van der Waals surface area contributed by atoms with Crippen LogP contribution in [-0.4, -0.2) is 11.1 Å². The summed E-state index contributed by atoms with van der Waals surface area (Å²) in [5, 5.41) is 8.44. The fourth-order valence-corrected chi connectivity index (χ4v) is 1.19. The van der Waals surface area contributed by atoms with Gasteiger partial charge in [0, 0.05) is 6.08 Å². The van der Waals surface area contributed by atoms with E-state index in [1.54, 1.807) is 31.2 Å². The summed E-state index contributed by atoms with van der Waals surface area (Å²) in [6.45, 7) is 1.71. The van der Waals surface area contributed by atoms with Crippen LogP contribution in [-0.2, 0) is 4.79 Å².